The average molecular weight is 1270 g/mol. The van der Waals surface area contributed by atoms with Crippen LogP contribution in [0, 0.1) is 41.4 Å². The molecule has 4 fully saturated rings. The van der Waals surface area contributed by atoms with Crippen molar-refractivity contribution < 1.29 is 94.8 Å². The van der Waals surface area contributed by atoms with E-state index in [-0.39, 0.29) is 67.1 Å². The van der Waals surface area contributed by atoms with Crippen LogP contribution in [0.15, 0.2) is 40.4 Å². The van der Waals surface area contributed by atoms with Crippen LogP contribution in [0.2, 0.25) is 0 Å². The third kappa shape index (κ3) is 19.5. The second-order valence-corrected chi connectivity index (χ2v) is 28.4. The molecule has 4 aliphatic heterocycles. The Morgan fingerprint density at radius 1 is 0.818 bits per heavy atom. The largest absolute Gasteiger partial charge is 0.461 e. The molecule has 0 spiro atoms. The highest BCUT2D eigenvalue weighted by atomic mass is 32.2. The van der Waals surface area contributed by atoms with E-state index in [2.05, 4.69) is 40.9 Å². The molecular weight excluding hydrogens is 1160 g/mol. The van der Waals surface area contributed by atoms with Crippen LogP contribution in [-0.2, 0) is 81.3 Å². The molecule has 4 saturated heterocycles. The molecule has 1 amide bonds. The van der Waals surface area contributed by atoms with Crippen molar-refractivity contribution in [2.75, 3.05) is 41.0 Å². The van der Waals surface area contributed by atoms with Crippen molar-refractivity contribution in [1.82, 2.24) is 14.9 Å². The molecule has 0 saturated carbocycles. The van der Waals surface area contributed by atoms with Gasteiger partial charge in [-0.3, -0.25) is 19.3 Å². The molecule has 24 nitrogen and oxygen atoms in total. The summed E-state index contributed by atoms with van der Waals surface area (Å²) in [6.45, 7) is 30.5. The molecule has 25 heteroatoms. The number of ketones is 1. The minimum absolute atomic E-state index is 0.0130. The van der Waals surface area contributed by atoms with Gasteiger partial charge in [0.2, 0.25) is 10.0 Å². The highest BCUT2D eigenvalue weighted by molar-refractivity contribution is 7.89. The first kappa shape index (κ1) is 74.8. The number of benzene rings is 1. The molecule has 5 rings (SSSR count). The van der Waals surface area contributed by atoms with E-state index < -0.39 is 160 Å². The van der Waals surface area contributed by atoms with Crippen molar-refractivity contribution in [1.29, 1.82) is 0 Å². The molecule has 504 valence electrons. The maximum atomic E-state index is 16.1. The van der Waals surface area contributed by atoms with Crippen molar-refractivity contribution in [3.05, 3.63) is 30.3 Å². The van der Waals surface area contributed by atoms with Crippen LogP contribution in [0.1, 0.15) is 143 Å². The summed E-state index contributed by atoms with van der Waals surface area (Å²) in [5, 5.41) is 29.8. The monoisotopic (exact) mass is 1270 g/mol. The third-order valence-electron chi connectivity index (χ3n) is 17.5. The van der Waals surface area contributed by atoms with Gasteiger partial charge < -0.3 is 72.5 Å². The fourth-order valence-corrected chi connectivity index (χ4v) is 14.1. The van der Waals surface area contributed by atoms with Crippen LogP contribution in [0.25, 0.3) is 0 Å². The van der Waals surface area contributed by atoms with Crippen LogP contribution >= 0.6 is 0 Å². The molecule has 88 heavy (non-hydrogen) atoms. The van der Waals surface area contributed by atoms with E-state index in [0.29, 0.717) is 13.0 Å². The van der Waals surface area contributed by atoms with Crippen LogP contribution < -0.4 is 10.0 Å². The number of aliphatic hydroxyl groups excluding tert-OH is 2. The molecule has 4 aliphatic rings. The number of aliphatic hydroxyl groups is 2. The summed E-state index contributed by atoms with van der Waals surface area (Å²) in [6.07, 6.45) is -14.7. The summed E-state index contributed by atoms with van der Waals surface area (Å²) < 4.78 is 100. The number of oxime groups is 1. The number of alkyl carbamates (subject to hydrolysis) is 1. The number of hydrogen-bond donors (Lipinski definition) is 4. The van der Waals surface area contributed by atoms with E-state index in [9.17, 15) is 28.2 Å². The molecule has 4 N–H and O–H groups in total. The van der Waals surface area contributed by atoms with Gasteiger partial charge in [-0.05, 0) is 99.6 Å². The zero-order chi connectivity index (χ0) is 65.9. The first-order chi connectivity index (χ1) is 41.1. The highest BCUT2D eigenvalue weighted by Gasteiger charge is 2.53. The Morgan fingerprint density at radius 3 is 2.07 bits per heavy atom. The maximum absolute atomic E-state index is 16.1. The van der Waals surface area contributed by atoms with Gasteiger partial charge in [-0.25, -0.2) is 17.9 Å². The minimum atomic E-state index is -4.03. The van der Waals surface area contributed by atoms with Crippen molar-refractivity contribution in [3.63, 3.8) is 0 Å². The Bertz CT molecular complexity index is 2550. The quantitative estimate of drug-likeness (QED) is 0.0577. The van der Waals surface area contributed by atoms with Gasteiger partial charge in [-0.1, -0.05) is 71.8 Å². The zero-order valence-corrected chi connectivity index (χ0v) is 56.5. The van der Waals surface area contributed by atoms with E-state index in [1.807, 2.05) is 27.7 Å². The van der Waals surface area contributed by atoms with Crippen LogP contribution in [0.4, 0.5) is 4.79 Å². The second-order valence-electron chi connectivity index (χ2n) is 26.7. The standard InChI is InChI=1S/C63H106N4O20S/c1-33(2)26-47(68)83-53-41(11)52(36(6)31-79-60-56(77-19)55(76-18)49(69)44(14)82-60)85-58(72)43(13)54(84-48-27-37(7)67(34(3)4)30-39(9)80-48)40(10)51(86-59-50(70)46(66-78-20)28-38(8)81-59)35(5)29-63(17,57(71)42(53)12)87-61(73)65-62(15,16)32-64-88(74,75)45-24-22-21-23-25-45/h21-25,33-44,48-56,59-60,64,69-70H,26-32H2,1-20H3,(H,65,73)/t35-,36?,37?,38+,39-,40+,41-,42+,43+,44+,48-,49+,50+,51-,52+,53+,54-,55+,56+,59-,60+,63-/m0/s1. The SMILES string of the molecule is CON=C1C[C@@H](C)O[C@@H](O[C@@H]2[C@@H](C)[C@H](O[C@H]3CC(C)N(C(C)C)C[C@H](C)O3)[C@@H](C)C(=O)O[C@H](C(C)CO[C@@H]3O[C@H](C)[C@@H](O)[C@@H](OC)[C@H]3OC)[C@H](C)[C@@H](OC(=O)CC(C)C)[C@@H](C)C(=O)[C@@](C)(OC(=O)NC(C)(C)CNS(=O)(=O)c3ccccc3)C[C@@H]2C)[C@@H]1O. The van der Waals surface area contributed by atoms with E-state index >= 15 is 9.59 Å². The topological polar surface area (TPSA) is 293 Å². The number of esters is 2. The zero-order valence-electron chi connectivity index (χ0n) is 55.7. The number of carbonyl (C=O) groups excluding carboxylic acids is 4. The number of ether oxygens (including phenoxy) is 11. The predicted molar refractivity (Wildman–Crippen MR) is 325 cm³/mol. The molecule has 0 aromatic heterocycles. The highest BCUT2D eigenvalue weighted by Crippen LogP contribution is 2.41. The lowest BCUT2D eigenvalue weighted by Gasteiger charge is -2.45. The molecule has 0 aliphatic carbocycles. The summed E-state index contributed by atoms with van der Waals surface area (Å²) in [4.78, 5) is 68.0. The number of Topliss-reactive ketones (excluding diaryl/α,β-unsaturated/α-hetero) is 1. The molecular formula is C63H106N4O20S. The van der Waals surface area contributed by atoms with Crippen LogP contribution in [0.3, 0.4) is 0 Å². The summed E-state index contributed by atoms with van der Waals surface area (Å²) in [7, 11) is 0.207. The fraction of sp³-hybridized carbons (Fsp3) is 0.825. The van der Waals surface area contributed by atoms with Gasteiger partial charge in [0.15, 0.2) is 30.3 Å². The lowest BCUT2D eigenvalue weighted by molar-refractivity contribution is -0.305. The van der Waals surface area contributed by atoms with Gasteiger partial charge in [-0.2, -0.15) is 0 Å². The lowest BCUT2D eigenvalue weighted by atomic mass is 9.74. The summed E-state index contributed by atoms with van der Waals surface area (Å²) in [5.74, 6) is -8.11. The molecule has 22 atom stereocenters. The van der Waals surface area contributed by atoms with Gasteiger partial charge in [0.25, 0.3) is 0 Å². The minimum Gasteiger partial charge on any atom is -0.461 e. The number of amides is 1. The Labute approximate surface area is 522 Å². The number of nitrogens with zero attached hydrogens (tertiary/aromatic N) is 2. The Kier molecular flexibility index (Phi) is 27.7. The Balaban J connectivity index is 1.72. The van der Waals surface area contributed by atoms with Gasteiger partial charge in [0.1, 0.15) is 43.7 Å². The second kappa shape index (κ2) is 32.5. The molecule has 0 radical (unpaired) electrons. The number of methoxy groups -OCH3 is 2. The predicted octanol–water partition coefficient (Wildman–Crippen LogP) is 6.54. The van der Waals surface area contributed by atoms with Crippen molar-refractivity contribution in [2.24, 2.45) is 46.6 Å². The number of sulfonamides is 1. The first-order valence-electron chi connectivity index (χ1n) is 31.2. The summed E-state index contributed by atoms with van der Waals surface area (Å²) in [6, 6.07) is 7.87. The summed E-state index contributed by atoms with van der Waals surface area (Å²) in [5.41, 5.74) is -3.19. The first-order valence-corrected chi connectivity index (χ1v) is 32.7. The van der Waals surface area contributed by atoms with Gasteiger partial charge in [0.05, 0.1) is 65.1 Å². The van der Waals surface area contributed by atoms with E-state index in [1.165, 1.54) is 40.4 Å². The van der Waals surface area contributed by atoms with E-state index in [4.69, 9.17) is 56.9 Å². The molecule has 0 bridgehead atoms. The van der Waals surface area contributed by atoms with Gasteiger partial charge >= 0.3 is 18.0 Å². The Morgan fingerprint density at radius 2 is 1.47 bits per heavy atom. The maximum Gasteiger partial charge on any atom is 0.408 e. The Hall–Kier alpha value is -3.96. The summed E-state index contributed by atoms with van der Waals surface area (Å²) >= 11 is 0. The number of nitrogens with one attached hydrogen (secondary N) is 2. The fourth-order valence-electron chi connectivity index (χ4n) is 12.8. The van der Waals surface area contributed by atoms with Gasteiger partial charge in [0, 0.05) is 76.4 Å². The van der Waals surface area contributed by atoms with Crippen LogP contribution in [-0.4, -0.2) is 203 Å². The molecule has 1 aromatic carbocycles. The van der Waals surface area contributed by atoms with E-state index in [0.717, 1.165) is 0 Å². The molecule has 1 aromatic rings. The normalized spacial score (nSPS) is 37.1. The molecule has 2 unspecified atom stereocenters. The van der Waals surface area contributed by atoms with Crippen molar-refractivity contribution >= 4 is 39.6 Å². The number of hydrogen-bond acceptors (Lipinski definition) is 22. The molecule has 4 heterocycles. The number of carbonyl (C=O) groups is 4. The lowest BCUT2D eigenvalue weighted by Crippen LogP contribution is -2.59. The number of rotatable bonds is 21. The third-order valence-corrected chi connectivity index (χ3v) is 18.9. The van der Waals surface area contributed by atoms with Gasteiger partial charge in [-0.15, -0.1) is 0 Å². The average Bonchev–Trinajstić information content (AvgIpc) is 1.46. The van der Waals surface area contributed by atoms with Crippen molar-refractivity contribution in [2.45, 2.75) is 258 Å². The smallest absolute Gasteiger partial charge is 0.408 e. The van der Waals surface area contributed by atoms with E-state index in [1.54, 1.807) is 80.5 Å². The van der Waals surface area contributed by atoms with Crippen molar-refractivity contribution in [3.8, 4) is 0 Å². The van der Waals surface area contributed by atoms with Crippen LogP contribution in [0.5, 0.6) is 0 Å². The number of cyclic esters (lactones) is 1.